The van der Waals surface area contributed by atoms with E-state index in [-0.39, 0.29) is 18.7 Å². The highest BCUT2D eigenvalue weighted by Gasteiger charge is 2.17. The predicted molar refractivity (Wildman–Crippen MR) is 99.4 cm³/mol. The maximum atomic E-state index is 12.4. The summed E-state index contributed by atoms with van der Waals surface area (Å²) < 4.78 is 1.65. The summed E-state index contributed by atoms with van der Waals surface area (Å²) in [4.78, 5) is 36.3. The van der Waals surface area contributed by atoms with Gasteiger partial charge in [-0.05, 0) is 20.1 Å². The van der Waals surface area contributed by atoms with E-state index in [1.54, 1.807) is 9.90 Å². The number of aryl methyl sites for hydroxylation is 2. The Morgan fingerprint density at radius 1 is 1.27 bits per heavy atom. The Bertz CT molecular complexity index is 995. The molecule has 136 valence electrons. The molecule has 0 aliphatic heterocycles. The molecule has 26 heavy (non-hydrogen) atoms. The minimum Gasteiger partial charge on any atom is -0.369 e. The average molecular weight is 391 g/mol. The van der Waals surface area contributed by atoms with Gasteiger partial charge >= 0.3 is 0 Å². The normalized spacial score (nSPS) is 11.0. The molecule has 0 saturated carbocycles. The van der Waals surface area contributed by atoms with E-state index in [2.05, 4.69) is 25.4 Å². The molecule has 0 aromatic carbocycles. The lowest BCUT2D eigenvalue weighted by Gasteiger charge is -2.09. The van der Waals surface area contributed by atoms with E-state index >= 15 is 0 Å². The first-order chi connectivity index (χ1) is 12.4. The Kier molecular flexibility index (Phi) is 5.18. The number of nitrogens with two attached hydrogens (primary N) is 1. The topological polar surface area (TPSA) is 128 Å². The molecular weight excluding hydrogens is 374 g/mol. The van der Waals surface area contributed by atoms with Crippen molar-refractivity contribution < 1.29 is 9.59 Å². The number of aromatic nitrogens is 5. The third-order valence-electron chi connectivity index (χ3n) is 3.70. The minimum atomic E-state index is -0.462. The predicted octanol–water partition coefficient (Wildman–Crippen LogP) is 1.13. The fourth-order valence-electron chi connectivity index (χ4n) is 2.48. The molecule has 11 heteroatoms. The number of nitrogens with zero attached hydrogens (tertiary/aromatic N) is 5. The summed E-state index contributed by atoms with van der Waals surface area (Å²) in [6.45, 7) is 3.73. The maximum absolute atomic E-state index is 12.4. The highest BCUT2D eigenvalue weighted by Crippen LogP contribution is 2.19. The second-order valence-corrected chi connectivity index (χ2v) is 7.22. The fourth-order valence-corrected chi connectivity index (χ4v) is 3.54. The summed E-state index contributed by atoms with van der Waals surface area (Å²) in [6.07, 6.45) is 2.08. The zero-order valence-corrected chi connectivity index (χ0v) is 16.1. The summed E-state index contributed by atoms with van der Waals surface area (Å²) in [5.41, 5.74) is 8.04. The fraction of sp³-hybridized carbons (Fsp3) is 0.333. The van der Waals surface area contributed by atoms with E-state index in [1.165, 1.54) is 23.1 Å². The molecule has 0 aliphatic rings. The number of fused-ring (bicyclic) bond motifs is 1. The van der Waals surface area contributed by atoms with Crippen LogP contribution in [0.4, 0.5) is 5.13 Å². The van der Waals surface area contributed by atoms with Crippen molar-refractivity contribution in [3.8, 4) is 0 Å². The second-order valence-electron chi connectivity index (χ2n) is 5.58. The number of hydrogen-bond acceptors (Lipinski definition) is 8. The zero-order chi connectivity index (χ0) is 18.8. The van der Waals surface area contributed by atoms with E-state index in [0.717, 1.165) is 17.0 Å². The number of carbonyl (C=O) groups excluding carboxylic acids is 2. The molecule has 0 radical (unpaired) electrons. The number of anilines is 1. The first-order valence-corrected chi connectivity index (χ1v) is 9.77. The number of amides is 2. The van der Waals surface area contributed by atoms with Crippen LogP contribution < -0.4 is 11.1 Å². The molecule has 3 rings (SSSR count). The van der Waals surface area contributed by atoms with Gasteiger partial charge in [0.1, 0.15) is 0 Å². The Morgan fingerprint density at radius 2 is 2.04 bits per heavy atom. The van der Waals surface area contributed by atoms with Gasteiger partial charge in [-0.15, -0.1) is 16.4 Å². The summed E-state index contributed by atoms with van der Waals surface area (Å²) >= 11 is 2.69. The van der Waals surface area contributed by atoms with E-state index in [9.17, 15) is 9.59 Å². The molecule has 3 N–H and O–H groups in total. The number of thiazole rings is 1. The highest BCUT2D eigenvalue weighted by atomic mass is 32.2. The van der Waals surface area contributed by atoms with Crippen molar-refractivity contribution in [3.63, 3.8) is 0 Å². The average Bonchev–Trinajstić information content (AvgIpc) is 3.17. The van der Waals surface area contributed by atoms with E-state index < -0.39 is 5.91 Å². The van der Waals surface area contributed by atoms with Crippen molar-refractivity contribution in [2.45, 2.75) is 31.8 Å². The van der Waals surface area contributed by atoms with Gasteiger partial charge in [-0.2, -0.15) is 4.98 Å². The van der Waals surface area contributed by atoms with Crippen molar-refractivity contribution in [2.75, 3.05) is 11.6 Å². The smallest absolute Gasteiger partial charge is 0.253 e. The van der Waals surface area contributed by atoms with Crippen LogP contribution in [0.5, 0.6) is 0 Å². The van der Waals surface area contributed by atoms with Gasteiger partial charge in [0.15, 0.2) is 5.13 Å². The van der Waals surface area contributed by atoms with Crippen LogP contribution in [0, 0.1) is 13.8 Å². The maximum Gasteiger partial charge on any atom is 0.253 e. The van der Waals surface area contributed by atoms with Crippen molar-refractivity contribution in [3.05, 3.63) is 28.0 Å². The number of hydrogen-bond donors (Lipinski definition) is 2. The Balaban J connectivity index is 1.78. The highest BCUT2D eigenvalue weighted by molar-refractivity contribution is 7.98. The molecule has 2 amide bonds. The minimum absolute atomic E-state index is 0.0508. The number of carbonyl (C=O) groups is 2. The van der Waals surface area contributed by atoms with Crippen LogP contribution >= 0.6 is 23.1 Å². The molecule has 0 spiro atoms. The summed E-state index contributed by atoms with van der Waals surface area (Å²) in [5, 5.41) is 9.88. The van der Waals surface area contributed by atoms with Gasteiger partial charge in [0.2, 0.25) is 17.0 Å². The van der Waals surface area contributed by atoms with E-state index in [0.29, 0.717) is 21.8 Å². The lowest BCUT2D eigenvalue weighted by atomic mass is 10.1. The Morgan fingerprint density at radius 3 is 2.73 bits per heavy atom. The first-order valence-electron chi connectivity index (χ1n) is 7.66. The van der Waals surface area contributed by atoms with Gasteiger partial charge < -0.3 is 11.1 Å². The third kappa shape index (κ3) is 3.83. The standard InChI is InChI=1S/C15H17N7O2S2/c1-7-10(8(2)22-13(17-7)20-15(21-22)25-3)5-12(24)19-14-18-9(6-26-14)4-11(16)23/h6H,4-5H2,1-3H3,(H2,16,23)(H,18,19,24). The summed E-state index contributed by atoms with van der Waals surface area (Å²) in [7, 11) is 0. The second kappa shape index (κ2) is 7.38. The first kappa shape index (κ1) is 18.3. The number of thioether (sulfide) groups is 1. The van der Waals surface area contributed by atoms with Crippen LogP contribution in [0.3, 0.4) is 0 Å². The molecule has 3 aromatic rings. The van der Waals surface area contributed by atoms with Crippen LogP contribution in [0.15, 0.2) is 10.5 Å². The van der Waals surface area contributed by atoms with Crippen molar-refractivity contribution >= 4 is 45.8 Å². The lowest BCUT2D eigenvalue weighted by molar-refractivity contribution is -0.117. The largest absolute Gasteiger partial charge is 0.369 e. The quantitative estimate of drug-likeness (QED) is 0.603. The summed E-state index contributed by atoms with van der Waals surface area (Å²) in [6, 6.07) is 0. The number of rotatable bonds is 6. The molecular formula is C15H17N7O2S2. The van der Waals surface area contributed by atoms with Crippen LogP contribution in [0.25, 0.3) is 5.78 Å². The van der Waals surface area contributed by atoms with Gasteiger partial charge in [0, 0.05) is 22.3 Å². The van der Waals surface area contributed by atoms with Crippen LogP contribution in [0.2, 0.25) is 0 Å². The van der Waals surface area contributed by atoms with Crippen LogP contribution in [-0.2, 0) is 22.4 Å². The van der Waals surface area contributed by atoms with E-state index in [1.807, 2.05) is 20.1 Å². The van der Waals surface area contributed by atoms with Gasteiger partial charge in [-0.1, -0.05) is 11.8 Å². The van der Waals surface area contributed by atoms with Crippen LogP contribution in [0.1, 0.15) is 22.6 Å². The lowest BCUT2D eigenvalue weighted by Crippen LogP contribution is -2.18. The molecule has 3 aromatic heterocycles. The summed E-state index contributed by atoms with van der Waals surface area (Å²) in [5.74, 6) is -0.164. The van der Waals surface area contributed by atoms with Crippen molar-refractivity contribution in [2.24, 2.45) is 5.73 Å². The third-order valence-corrected chi connectivity index (χ3v) is 5.05. The molecule has 0 saturated heterocycles. The SMILES string of the molecule is CSc1nc2nc(C)c(CC(=O)Nc3nc(CC(N)=O)cs3)c(C)n2n1. The number of primary amides is 1. The zero-order valence-electron chi connectivity index (χ0n) is 14.4. The van der Waals surface area contributed by atoms with Gasteiger partial charge in [-0.25, -0.2) is 14.5 Å². The Hall–Kier alpha value is -2.53. The molecule has 0 fully saturated rings. The molecule has 0 atom stereocenters. The van der Waals surface area contributed by atoms with Crippen molar-refractivity contribution in [1.29, 1.82) is 0 Å². The molecule has 0 bridgehead atoms. The Labute approximate surface area is 157 Å². The van der Waals surface area contributed by atoms with Crippen molar-refractivity contribution in [1.82, 2.24) is 24.6 Å². The van der Waals surface area contributed by atoms with Gasteiger partial charge in [-0.3, -0.25) is 9.59 Å². The van der Waals surface area contributed by atoms with E-state index in [4.69, 9.17) is 5.73 Å². The van der Waals surface area contributed by atoms with Gasteiger partial charge in [0.25, 0.3) is 5.78 Å². The molecule has 3 heterocycles. The number of nitrogens with one attached hydrogen (secondary N) is 1. The molecule has 0 unspecified atom stereocenters. The van der Waals surface area contributed by atoms with Crippen LogP contribution in [-0.4, -0.2) is 42.6 Å². The molecule has 0 aliphatic carbocycles. The van der Waals surface area contributed by atoms with Gasteiger partial charge in [0.05, 0.1) is 18.5 Å². The molecule has 9 nitrogen and oxygen atoms in total. The monoisotopic (exact) mass is 391 g/mol.